The SMILES string of the molecule is COc1ccc(C(=O)C(Br)=C(O)c2ccc(OC)cc2)cc1. The van der Waals surface area contributed by atoms with Gasteiger partial charge in [-0.25, -0.2) is 0 Å². The molecular formula is C17H15BrO4. The van der Waals surface area contributed by atoms with Crippen molar-refractivity contribution < 1.29 is 19.4 Å². The maximum atomic E-state index is 12.4. The van der Waals surface area contributed by atoms with E-state index in [0.29, 0.717) is 22.6 Å². The van der Waals surface area contributed by atoms with Crippen molar-refractivity contribution in [2.24, 2.45) is 0 Å². The number of methoxy groups -OCH3 is 2. The van der Waals surface area contributed by atoms with E-state index in [0.717, 1.165) is 0 Å². The number of carbonyl (C=O) groups excluding carboxylic acids is 1. The highest BCUT2D eigenvalue weighted by atomic mass is 79.9. The molecule has 1 N–H and O–H groups in total. The minimum atomic E-state index is -0.309. The van der Waals surface area contributed by atoms with Crippen molar-refractivity contribution in [1.29, 1.82) is 0 Å². The predicted octanol–water partition coefficient (Wildman–Crippen LogP) is 4.21. The van der Waals surface area contributed by atoms with Crippen LogP contribution < -0.4 is 9.47 Å². The molecule has 0 heterocycles. The van der Waals surface area contributed by atoms with Gasteiger partial charge in [-0.1, -0.05) is 0 Å². The van der Waals surface area contributed by atoms with Gasteiger partial charge in [-0.15, -0.1) is 0 Å². The highest BCUT2D eigenvalue weighted by Gasteiger charge is 2.16. The second-order valence-corrected chi connectivity index (χ2v) is 5.24. The summed E-state index contributed by atoms with van der Waals surface area (Å²) < 4.78 is 10.2. The number of carbonyl (C=O) groups is 1. The van der Waals surface area contributed by atoms with Crippen molar-refractivity contribution in [2.45, 2.75) is 0 Å². The Balaban J connectivity index is 2.29. The number of aliphatic hydroxyl groups excluding tert-OH is 1. The first kappa shape index (κ1) is 16.1. The summed E-state index contributed by atoms with van der Waals surface area (Å²) in [7, 11) is 3.12. The molecule has 114 valence electrons. The standard InChI is InChI=1S/C17H15BrO4/c1-21-13-7-3-11(4-8-13)16(19)15(18)17(20)12-5-9-14(22-2)10-6-12/h3-10,19H,1-2H3. The first-order valence-electron chi connectivity index (χ1n) is 6.48. The van der Waals surface area contributed by atoms with Crippen LogP contribution >= 0.6 is 15.9 Å². The average Bonchev–Trinajstić information content (AvgIpc) is 2.60. The summed E-state index contributed by atoms with van der Waals surface area (Å²) in [6.07, 6.45) is 0. The lowest BCUT2D eigenvalue weighted by molar-refractivity contribution is 0.104. The molecule has 0 aromatic heterocycles. The molecular weight excluding hydrogens is 348 g/mol. The summed E-state index contributed by atoms with van der Waals surface area (Å²) in [5, 5.41) is 10.2. The van der Waals surface area contributed by atoms with Gasteiger partial charge in [0.1, 0.15) is 21.7 Å². The van der Waals surface area contributed by atoms with Gasteiger partial charge in [-0.05, 0) is 64.5 Å². The average molecular weight is 363 g/mol. The normalized spacial score (nSPS) is 11.6. The van der Waals surface area contributed by atoms with Crippen LogP contribution in [0.1, 0.15) is 15.9 Å². The van der Waals surface area contributed by atoms with E-state index >= 15 is 0 Å². The zero-order valence-electron chi connectivity index (χ0n) is 12.2. The Morgan fingerprint density at radius 3 is 1.68 bits per heavy atom. The van der Waals surface area contributed by atoms with Gasteiger partial charge < -0.3 is 14.6 Å². The molecule has 0 bridgehead atoms. The maximum absolute atomic E-state index is 12.4. The van der Waals surface area contributed by atoms with Crippen LogP contribution in [0.5, 0.6) is 11.5 Å². The van der Waals surface area contributed by atoms with Crippen LogP contribution in [0.3, 0.4) is 0 Å². The Morgan fingerprint density at radius 2 is 1.27 bits per heavy atom. The third-order valence-electron chi connectivity index (χ3n) is 3.12. The molecule has 0 spiro atoms. The Kier molecular flexibility index (Phi) is 5.22. The number of ether oxygens (including phenoxy) is 2. The second-order valence-electron chi connectivity index (χ2n) is 4.45. The number of hydrogen-bond donors (Lipinski definition) is 1. The van der Waals surface area contributed by atoms with Crippen LogP contribution in [0.4, 0.5) is 0 Å². The van der Waals surface area contributed by atoms with Crippen LogP contribution in [-0.4, -0.2) is 25.1 Å². The highest BCUT2D eigenvalue weighted by molar-refractivity contribution is 9.12. The van der Waals surface area contributed by atoms with E-state index < -0.39 is 0 Å². The third-order valence-corrected chi connectivity index (χ3v) is 3.86. The minimum Gasteiger partial charge on any atom is -0.506 e. The summed E-state index contributed by atoms with van der Waals surface area (Å²) in [6, 6.07) is 13.4. The van der Waals surface area contributed by atoms with Crippen molar-refractivity contribution >= 4 is 27.5 Å². The lowest BCUT2D eigenvalue weighted by Crippen LogP contribution is -2.02. The largest absolute Gasteiger partial charge is 0.506 e. The van der Waals surface area contributed by atoms with E-state index in [9.17, 15) is 9.90 Å². The Morgan fingerprint density at radius 1 is 0.864 bits per heavy atom. The quantitative estimate of drug-likeness (QED) is 0.491. The van der Waals surface area contributed by atoms with Gasteiger partial charge in [0.2, 0.25) is 5.78 Å². The second kappa shape index (κ2) is 7.13. The molecule has 2 rings (SSSR count). The van der Waals surface area contributed by atoms with Crippen molar-refractivity contribution in [3.8, 4) is 11.5 Å². The summed E-state index contributed by atoms with van der Waals surface area (Å²) in [5.74, 6) is 0.907. The Labute approximate surface area is 137 Å². The molecule has 0 saturated heterocycles. The number of allylic oxidation sites excluding steroid dienone is 1. The fourth-order valence-corrected chi connectivity index (χ4v) is 2.31. The van der Waals surface area contributed by atoms with Gasteiger partial charge in [0.15, 0.2) is 0 Å². The van der Waals surface area contributed by atoms with E-state index in [2.05, 4.69) is 15.9 Å². The molecule has 0 atom stereocenters. The van der Waals surface area contributed by atoms with Crippen LogP contribution in [-0.2, 0) is 0 Å². The lowest BCUT2D eigenvalue weighted by Gasteiger charge is -2.07. The molecule has 0 saturated carbocycles. The first-order chi connectivity index (χ1) is 10.6. The smallest absolute Gasteiger partial charge is 0.203 e. The molecule has 0 unspecified atom stereocenters. The number of benzene rings is 2. The minimum absolute atomic E-state index is 0.0998. The molecule has 2 aromatic rings. The number of aliphatic hydroxyl groups is 1. The van der Waals surface area contributed by atoms with Crippen LogP contribution in [0.2, 0.25) is 0 Å². The number of rotatable bonds is 5. The van der Waals surface area contributed by atoms with Gasteiger partial charge in [0.05, 0.1) is 14.2 Å². The first-order valence-corrected chi connectivity index (χ1v) is 7.28. The van der Waals surface area contributed by atoms with Gasteiger partial charge in [0, 0.05) is 11.1 Å². The number of halogens is 1. The van der Waals surface area contributed by atoms with Crippen molar-refractivity contribution in [3.05, 3.63) is 64.1 Å². The van der Waals surface area contributed by atoms with Gasteiger partial charge in [-0.2, -0.15) is 0 Å². The predicted molar refractivity (Wildman–Crippen MR) is 88.8 cm³/mol. The topological polar surface area (TPSA) is 55.8 Å². The fourth-order valence-electron chi connectivity index (χ4n) is 1.85. The molecule has 4 nitrogen and oxygen atoms in total. The van der Waals surface area contributed by atoms with E-state index in [-0.39, 0.29) is 16.0 Å². The number of Topliss-reactive ketones (excluding diaryl/α,β-unsaturated/α-hetero) is 1. The fraction of sp³-hybridized carbons (Fsp3) is 0.118. The van der Waals surface area contributed by atoms with Crippen molar-refractivity contribution in [3.63, 3.8) is 0 Å². The number of hydrogen-bond acceptors (Lipinski definition) is 4. The van der Waals surface area contributed by atoms with E-state index in [1.165, 1.54) is 0 Å². The lowest BCUT2D eigenvalue weighted by atomic mass is 10.1. The van der Waals surface area contributed by atoms with Gasteiger partial charge >= 0.3 is 0 Å². The highest BCUT2D eigenvalue weighted by Crippen LogP contribution is 2.26. The summed E-state index contributed by atoms with van der Waals surface area (Å²) in [4.78, 5) is 12.4. The molecule has 2 aromatic carbocycles. The van der Waals surface area contributed by atoms with E-state index in [1.807, 2.05) is 0 Å². The molecule has 0 fully saturated rings. The van der Waals surface area contributed by atoms with Gasteiger partial charge in [-0.3, -0.25) is 4.79 Å². The monoisotopic (exact) mass is 362 g/mol. The zero-order valence-corrected chi connectivity index (χ0v) is 13.8. The number of ketones is 1. The van der Waals surface area contributed by atoms with Crippen molar-refractivity contribution in [2.75, 3.05) is 14.2 Å². The van der Waals surface area contributed by atoms with Gasteiger partial charge in [0.25, 0.3) is 0 Å². The molecule has 0 radical (unpaired) electrons. The van der Waals surface area contributed by atoms with Crippen molar-refractivity contribution in [1.82, 2.24) is 0 Å². The summed E-state index contributed by atoms with van der Waals surface area (Å²) in [5.41, 5.74) is 0.974. The zero-order chi connectivity index (χ0) is 16.1. The van der Waals surface area contributed by atoms with E-state index in [1.54, 1.807) is 62.8 Å². The molecule has 0 aliphatic rings. The van der Waals surface area contributed by atoms with E-state index in [4.69, 9.17) is 9.47 Å². The molecule has 0 amide bonds. The third kappa shape index (κ3) is 3.49. The molecule has 5 heteroatoms. The summed E-state index contributed by atoms with van der Waals surface area (Å²) >= 11 is 3.17. The van der Waals surface area contributed by atoms with Crippen LogP contribution in [0.15, 0.2) is 53.0 Å². The van der Waals surface area contributed by atoms with Crippen LogP contribution in [0.25, 0.3) is 5.76 Å². The Bertz CT molecular complexity index is 688. The maximum Gasteiger partial charge on any atom is 0.203 e. The molecule has 22 heavy (non-hydrogen) atoms. The summed E-state index contributed by atoms with van der Waals surface area (Å²) in [6.45, 7) is 0. The van der Waals surface area contributed by atoms with Crippen LogP contribution in [0, 0.1) is 0 Å². The Hall–Kier alpha value is -2.27. The molecule has 0 aliphatic heterocycles. The molecule has 0 aliphatic carbocycles.